The number of nitrogens with zero attached hydrogens (tertiary/aromatic N) is 2. The Kier molecular flexibility index (Phi) is 5.31. The average molecular weight is 386 g/mol. The normalized spacial score (nSPS) is 18.9. The number of likely N-dealkylation sites (tertiary alicyclic amines) is 1. The maximum Gasteiger partial charge on any atom is 0.306 e. The first-order chi connectivity index (χ1) is 13.5. The molecule has 28 heavy (non-hydrogen) atoms. The van der Waals surface area contributed by atoms with Crippen LogP contribution in [-0.2, 0) is 11.3 Å². The first kappa shape index (κ1) is 18.9. The SMILES string of the molecule is O=C(O)C1CCN(Cc2ccc(N3CC(c4c(F)cccc4F)C3)cc2)CC1. The van der Waals surface area contributed by atoms with E-state index in [1.165, 1.54) is 23.8 Å². The lowest BCUT2D eigenvalue weighted by Crippen LogP contribution is -2.45. The molecule has 0 aromatic heterocycles. The first-order valence-corrected chi connectivity index (χ1v) is 9.74. The summed E-state index contributed by atoms with van der Waals surface area (Å²) in [5.74, 6) is -1.95. The van der Waals surface area contributed by atoms with Crippen LogP contribution in [0.2, 0.25) is 0 Å². The van der Waals surface area contributed by atoms with Gasteiger partial charge in [-0.05, 0) is 55.8 Å². The molecular weight excluding hydrogens is 362 g/mol. The summed E-state index contributed by atoms with van der Waals surface area (Å²) >= 11 is 0. The smallest absolute Gasteiger partial charge is 0.306 e. The van der Waals surface area contributed by atoms with Crippen molar-refractivity contribution >= 4 is 11.7 Å². The third-order valence-corrected chi connectivity index (χ3v) is 5.93. The molecule has 2 fully saturated rings. The average Bonchev–Trinajstić information content (AvgIpc) is 2.64. The molecule has 2 aromatic rings. The molecule has 2 heterocycles. The molecule has 1 N–H and O–H groups in total. The van der Waals surface area contributed by atoms with E-state index in [1.807, 2.05) is 12.1 Å². The lowest BCUT2D eigenvalue weighted by Gasteiger charge is -2.41. The maximum atomic E-state index is 13.9. The minimum absolute atomic E-state index is 0.114. The molecule has 0 saturated carbocycles. The van der Waals surface area contributed by atoms with E-state index in [0.29, 0.717) is 25.9 Å². The highest BCUT2D eigenvalue weighted by molar-refractivity contribution is 5.70. The summed E-state index contributed by atoms with van der Waals surface area (Å²) in [5.41, 5.74) is 2.44. The lowest BCUT2D eigenvalue weighted by molar-refractivity contribution is -0.143. The van der Waals surface area contributed by atoms with E-state index < -0.39 is 17.6 Å². The molecule has 0 aliphatic carbocycles. The second kappa shape index (κ2) is 7.87. The zero-order valence-corrected chi connectivity index (χ0v) is 15.7. The van der Waals surface area contributed by atoms with Gasteiger partial charge in [0.15, 0.2) is 0 Å². The van der Waals surface area contributed by atoms with Gasteiger partial charge in [0, 0.05) is 36.8 Å². The van der Waals surface area contributed by atoms with Gasteiger partial charge in [-0.15, -0.1) is 0 Å². The van der Waals surface area contributed by atoms with Crippen LogP contribution in [-0.4, -0.2) is 42.2 Å². The van der Waals surface area contributed by atoms with E-state index in [-0.39, 0.29) is 17.4 Å². The van der Waals surface area contributed by atoms with Gasteiger partial charge < -0.3 is 10.0 Å². The van der Waals surface area contributed by atoms with Crippen LogP contribution in [0.15, 0.2) is 42.5 Å². The number of halogens is 2. The fourth-order valence-electron chi connectivity index (χ4n) is 4.18. The van der Waals surface area contributed by atoms with Gasteiger partial charge in [0.1, 0.15) is 11.6 Å². The van der Waals surface area contributed by atoms with Crippen LogP contribution in [0.5, 0.6) is 0 Å². The largest absolute Gasteiger partial charge is 0.481 e. The Morgan fingerprint density at radius 1 is 1.00 bits per heavy atom. The number of benzene rings is 2. The van der Waals surface area contributed by atoms with Gasteiger partial charge in [-0.1, -0.05) is 18.2 Å². The van der Waals surface area contributed by atoms with E-state index in [9.17, 15) is 13.6 Å². The van der Waals surface area contributed by atoms with Crippen LogP contribution in [0.1, 0.15) is 29.9 Å². The van der Waals surface area contributed by atoms with E-state index in [4.69, 9.17) is 5.11 Å². The second-order valence-electron chi connectivity index (χ2n) is 7.79. The van der Waals surface area contributed by atoms with E-state index in [0.717, 1.165) is 25.3 Å². The number of carbonyl (C=O) groups is 1. The molecule has 0 unspecified atom stereocenters. The zero-order chi connectivity index (χ0) is 19.7. The number of hydrogen-bond donors (Lipinski definition) is 1. The molecule has 6 heteroatoms. The lowest BCUT2D eigenvalue weighted by atomic mass is 9.90. The van der Waals surface area contributed by atoms with Crippen molar-refractivity contribution in [3.8, 4) is 0 Å². The van der Waals surface area contributed by atoms with Gasteiger partial charge in [0.25, 0.3) is 0 Å². The Morgan fingerprint density at radius 3 is 2.18 bits per heavy atom. The molecule has 2 aliphatic heterocycles. The van der Waals surface area contributed by atoms with Crippen molar-refractivity contribution in [2.75, 3.05) is 31.1 Å². The Morgan fingerprint density at radius 2 is 1.61 bits per heavy atom. The Labute approximate surface area is 163 Å². The van der Waals surface area contributed by atoms with Crippen molar-refractivity contribution in [3.05, 3.63) is 65.2 Å². The van der Waals surface area contributed by atoms with Crippen molar-refractivity contribution in [2.24, 2.45) is 5.92 Å². The van der Waals surface area contributed by atoms with Crippen LogP contribution in [0, 0.1) is 17.6 Å². The first-order valence-electron chi connectivity index (χ1n) is 9.74. The van der Waals surface area contributed by atoms with Gasteiger partial charge in [0.2, 0.25) is 0 Å². The maximum absolute atomic E-state index is 13.9. The van der Waals surface area contributed by atoms with Crippen LogP contribution >= 0.6 is 0 Å². The number of piperidine rings is 1. The number of carboxylic acids is 1. The molecule has 2 aromatic carbocycles. The summed E-state index contributed by atoms with van der Waals surface area (Å²) in [6.45, 7) is 3.65. The summed E-state index contributed by atoms with van der Waals surface area (Å²) in [6.07, 6.45) is 1.41. The molecule has 0 bridgehead atoms. The molecule has 4 nitrogen and oxygen atoms in total. The third kappa shape index (κ3) is 3.87. The third-order valence-electron chi connectivity index (χ3n) is 5.93. The van der Waals surface area contributed by atoms with Crippen molar-refractivity contribution in [3.63, 3.8) is 0 Å². The Hall–Kier alpha value is -2.47. The molecular formula is C22H24F2N2O2. The molecule has 4 rings (SSSR count). The van der Waals surface area contributed by atoms with Crippen molar-refractivity contribution < 1.29 is 18.7 Å². The quantitative estimate of drug-likeness (QED) is 0.847. The molecule has 2 aliphatic rings. The Balaban J connectivity index is 1.31. The van der Waals surface area contributed by atoms with Gasteiger partial charge in [-0.2, -0.15) is 0 Å². The number of anilines is 1. The summed E-state index contributed by atoms with van der Waals surface area (Å²) in [7, 11) is 0. The summed E-state index contributed by atoms with van der Waals surface area (Å²) < 4.78 is 27.8. The molecule has 148 valence electrons. The van der Waals surface area contributed by atoms with Crippen LogP contribution < -0.4 is 4.90 Å². The van der Waals surface area contributed by atoms with Gasteiger partial charge in [0.05, 0.1) is 5.92 Å². The van der Waals surface area contributed by atoms with Gasteiger partial charge >= 0.3 is 5.97 Å². The molecule has 0 spiro atoms. The van der Waals surface area contributed by atoms with Crippen LogP contribution in [0.3, 0.4) is 0 Å². The topological polar surface area (TPSA) is 43.8 Å². The monoisotopic (exact) mass is 386 g/mol. The highest BCUT2D eigenvalue weighted by Gasteiger charge is 2.32. The summed E-state index contributed by atoms with van der Waals surface area (Å²) in [5, 5.41) is 9.08. The highest BCUT2D eigenvalue weighted by Crippen LogP contribution is 2.34. The van der Waals surface area contributed by atoms with Gasteiger partial charge in [-0.25, -0.2) is 8.78 Å². The van der Waals surface area contributed by atoms with E-state index >= 15 is 0 Å². The molecule has 0 amide bonds. The fraction of sp³-hybridized carbons (Fsp3) is 0.409. The van der Waals surface area contributed by atoms with Crippen molar-refractivity contribution in [1.29, 1.82) is 0 Å². The molecule has 2 saturated heterocycles. The van der Waals surface area contributed by atoms with Crippen LogP contribution in [0.4, 0.5) is 14.5 Å². The van der Waals surface area contributed by atoms with Crippen molar-refractivity contribution in [2.45, 2.75) is 25.3 Å². The molecule has 0 radical (unpaired) electrons. The van der Waals surface area contributed by atoms with E-state index in [2.05, 4.69) is 21.9 Å². The highest BCUT2D eigenvalue weighted by atomic mass is 19.1. The summed E-state index contributed by atoms with van der Waals surface area (Å²) in [6, 6.07) is 12.3. The second-order valence-corrected chi connectivity index (χ2v) is 7.79. The Bertz CT molecular complexity index is 822. The minimum atomic E-state index is -0.688. The molecule has 0 atom stereocenters. The van der Waals surface area contributed by atoms with E-state index in [1.54, 1.807) is 0 Å². The fourth-order valence-corrected chi connectivity index (χ4v) is 4.18. The van der Waals surface area contributed by atoms with Gasteiger partial charge in [-0.3, -0.25) is 9.69 Å². The number of aliphatic carboxylic acids is 1. The minimum Gasteiger partial charge on any atom is -0.481 e. The number of carboxylic acid groups (broad SMARTS) is 1. The standard InChI is InChI=1S/C22H24F2N2O2/c23-19-2-1-3-20(24)21(19)17-13-26(14-17)18-6-4-15(5-7-18)12-25-10-8-16(9-11-25)22(27)28/h1-7,16-17H,8-14H2,(H,27,28). The number of hydrogen-bond acceptors (Lipinski definition) is 3. The summed E-state index contributed by atoms with van der Waals surface area (Å²) in [4.78, 5) is 15.5. The predicted molar refractivity (Wildman–Crippen MR) is 103 cm³/mol. The zero-order valence-electron chi connectivity index (χ0n) is 15.7. The van der Waals surface area contributed by atoms with Crippen LogP contribution in [0.25, 0.3) is 0 Å². The predicted octanol–water partition coefficient (Wildman–Crippen LogP) is 3.87. The number of rotatable bonds is 5. The van der Waals surface area contributed by atoms with Crippen molar-refractivity contribution in [1.82, 2.24) is 4.90 Å².